The first kappa shape index (κ1) is 6.90. The highest BCUT2D eigenvalue weighted by Crippen LogP contribution is 2.18. The summed E-state index contributed by atoms with van der Waals surface area (Å²) in [5.74, 6) is 0.485. The van der Waals surface area contributed by atoms with Gasteiger partial charge in [-0.25, -0.2) is 0 Å². The number of anilines is 1. The topological polar surface area (TPSA) is 83.4 Å². The molecular weight excluding hydrogens is 154 g/mol. The second-order valence-corrected chi connectivity index (χ2v) is 2.63. The summed E-state index contributed by atoms with van der Waals surface area (Å²) < 4.78 is 0. The Morgan fingerprint density at radius 3 is 2.75 bits per heavy atom. The second-order valence-electron chi connectivity index (χ2n) is 2.63. The first-order valence-electron chi connectivity index (χ1n) is 3.58. The maximum Gasteiger partial charge on any atom is 0.145 e. The van der Waals surface area contributed by atoms with Crippen molar-refractivity contribution in [2.75, 3.05) is 5.73 Å². The summed E-state index contributed by atoms with van der Waals surface area (Å²) in [5, 5.41) is 13.4. The van der Waals surface area contributed by atoms with E-state index >= 15 is 0 Å². The van der Waals surface area contributed by atoms with Gasteiger partial charge in [0.1, 0.15) is 5.82 Å². The zero-order chi connectivity index (χ0) is 8.55. The predicted octanol–water partition coefficient (Wildman–Crippen LogP) is 0.690. The number of aromatic nitrogens is 4. The largest absolute Gasteiger partial charge is 0.382 e. The maximum absolute atomic E-state index is 5.46. The van der Waals surface area contributed by atoms with E-state index in [1.165, 1.54) is 0 Å². The molecule has 0 aliphatic carbocycles. The number of nitrogen functional groups attached to an aromatic ring is 1. The van der Waals surface area contributed by atoms with Crippen LogP contribution in [0.25, 0.3) is 11.4 Å². The van der Waals surface area contributed by atoms with E-state index in [1.807, 2.05) is 6.92 Å². The lowest BCUT2D eigenvalue weighted by Crippen LogP contribution is -1.81. The molecule has 0 aliphatic heterocycles. The Kier molecular flexibility index (Phi) is 1.36. The van der Waals surface area contributed by atoms with Crippen molar-refractivity contribution in [3.8, 4) is 11.4 Å². The van der Waals surface area contributed by atoms with Crippen molar-refractivity contribution < 1.29 is 0 Å². The Hall–Kier alpha value is -1.78. The van der Waals surface area contributed by atoms with Crippen LogP contribution in [-0.2, 0) is 0 Å². The summed E-state index contributed by atoms with van der Waals surface area (Å²) in [7, 11) is 0. The van der Waals surface area contributed by atoms with Crippen LogP contribution in [0.5, 0.6) is 0 Å². The zero-order valence-corrected chi connectivity index (χ0v) is 6.63. The van der Waals surface area contributed by atoms with Gasteiger partial charge >= 0.3 is 0 Å². The Morgan fingerprint density at radius 1 is 1.42 bits per heavy atom. The zero-order valence-electron chi connectivity index (χ0n) is 6.63. The van der Waals surface area contributed by atoms with E-state index < -0.39 is 0 Å². The number of hydrogen-bond acceptors (Lipinski definition) is 3. The first-order valence-corrected chi connectivity index (χ1v) is 3.58. The third-order valence-corrected chi connectivity index (χ3v) is 1.70. The van der Waals surface area contributed by atoms with Crippen LogP contribution in [0, 0.1) is 6.92 Å². The summed E-state index contributed by atoms with van der Waals surface area (Å²) in [6.07, 6.45) is 1.76. The summed E-state index contributed by atoms with van der Waals surface area (Å²) in [6.45, 7) is 1.97. The molecule has 62 valence electrons. The van der Waals surface area contributed by atoms with Gasteiger partial charge in [0.15, 0.2) is 0 Å². The molecule has 0 saturated heterocycles. The molecule has 5 heteroatoms. The Balaban J connectivity index is 2.50. The molecular formula is C7H9N5. The third-order valence-electron chi connectivity index (χ3n) is 1.70. The lowest BCUT2D eigenvalue weighted by molar-refractivity contribution is 1.06. The highest BCUT2D eigenvalue weighted by Gasteiger charge is 2.05. The lowest BCUT2D eigenvalue weighted by Gasteiger charge is -1.91. The third kappa shape index (κ3) is 0.952. The SMILES string of the molecule is Cc1cn[nH]c1-c1cc(N)n[nH]1. The first-order chi connectivity index (χ1) is 5.77. The minimum atomic E-state index is 0.485. The Bertz CT molecular complexity index is 386. The monoisotopic (exact) mass is 163 g/mol. The van der Waals surface area contributed by atoms with Gasteiger partial charge in [-0.1, -0.05) is 0 Å². The van der Waals surface area contributed by atoms with Crippen LogP contribution < -0.4 is 5.73 Å². The summed E-state index contributed by atoms with van der Waals surface area (Å²) in [4.78, 5) is 0. The molecule has 0 spiro atoms. The average Bonchev–Trinajstić information content (AvgIpc) is 2.58. The number of hydrogen-bond donors (Lipinski definition) is 3. The highest BCUT2D eigenvalue weighted by atomic mass is 15.2. The molecule has 2 aromatic rings. The van der Waals surface area contributed by atoms with Crippen molar-refractivity contribution in [1.82, 2.24) is 20.4 Å². The summed E-state index contributed by atoms with van der Waals surface area (Å²) >= 11 is 0. The molecule has 0 unspecified atom stereocenters. The number of aromatic amines is 2. The van der Waals surface area contributed by atoms with Crippen molar-refractivity contribution >= 4 is 5.82 Å². The van der Waals surface area contributed by atoms with Crippen molar-refractivity contribution in [1.29, 1.82) is 0 Å². The van der Waals surface area contributed by atoms with Gasteiger partial charge in [0.05, 0.1) is 17.6 Å². The van der Waals surface area contributed by atoms with Gasteiger partial charge in [-0.2, -0.15) is 10.2 Å². The van der Waals surface area contributed by atoms with Crippen LogP contribution in [0.1, 0.15) is 5.56 Å². The van der Waals surface area contributed by atoms with Gasteiger partial charge in [0.25, 0.3) is 0 Å². The Labute approximate surface area is 69.0 Å². The van der Waals surface area contributed by atoms with Crippen molar-refractivity contribution in [3.63, 3.8) is 0 Å². The summed E-state index contributed by atoms with van der Waals surface area (Å²) in [5.41, 5.74) is 8.32. The van der Waals surface area contributed by atoms with E-state index in [1.54, 1.807) is 12.3 Å². The van der Waals surface area contributed by atoms with Crippen LogP contribution in [-0.4, -0.2) is 20.4 Å². The van der Waals surface area contributed by atoms with Gasteiger partial charge in [0.2, 0.25) is 0 Å². The van der Waals surface area contributed by atoms with Crippen LogP contribution in [0.15, 0.2) is 12.3 Å². The molecule has 2 heterocycles. The number of H-pyrrole nitrogens is 2. The van der Waals surface area contributed by atoms with E-state index in [-0.39, 0.29) is 0 Å². The molecule has 0 radical (unpaired) electrons. The molecule has 0 aliphatic rings. The fraction of sp³-hybridized carbons (Fsp3) is 0.143. The molecule has 0 aromatic carbocycles. The molecule has 5 nitrogen and oxygen atoms in total. The quantitative estimate of drug-likeness (QED) is 0.578. The van der Waals surface area contributed by atoms with Crippen LogP contribution >= 0.6 is 0 Å². The minimum absolute atomic E-state index is 0.485. The molecule has 4 N–H and O–H groups in total. The van der Waals surface area contributed by atoms with Crippen molar-refractivity contribution in [2.45, 2.75) is 6.92 Å². The standard InChI is InChI=1S/C7H9N5/c1-4-3-9-12-7(4)5-2-6(8)11-10-5/h2-3H,1H3,(H,9,12)(H3,8,10,11). The molecule has 0 atom stereocenters. The minimum Gasteiger partial charge on any atom is -0.382 e. The normalized spacial score (nSPS) is 10.4. The van der Waals surface area contributed by atoms with E-state index in [2.05, 4.69) is 20.4 Å². The van der Waals surface area contributed by atoms with E-state index in [4.69, 9.17) is 5.73 Å². The smallest absolute Gasteiger partial charge is 0.145 e. The van der Waals surface area contributed by atoms with Gasteiger partial charge in [-0.3, -0.25) is 10.2 Å². The number of nitrogens with two attached hydrogens (primary N) is 1. The highest BCUT2D eigenvalue weighted by molar-refractivity contribution is 5.60. The van der Waals surface area contributed by atoms with Gasteiger partial charge in [-0.15, -0.1) is 0 Å². The van der Waals surface area contributed by atoms with E-state index in [0.29, 0.717) is 5.82 Å². The molecule has 2 rings (SSSR count). The van der Waals surface area contributed by atoms with E-state index in [0.717, 1.165) is 17.0 Å². The van der Waals surface area contributed by atoms with E-state index in [9.17, 15) is 0 Å². The number of aryl methyl sites for hydroxylation is 1. The number of nitrogens with one attached hydrogen (secondary N) is 2. The summed E-state index contributed by atoms with van der Waals surface area (Å²) in [6, 6.07) is 1.76. The van der Waals surface area contributed by atoms with Crippen molar-refractivity contribution in [3.05, 3.63) is 17.8 Å². The molecule has 0 saturated carbocycles. The van der Waals surface area contributed by atoms with Crippen LogP contribution in [0.2, 0.25) is 0 Å². The fourth-order valence-corrected chi connectivity index (χ4v) is 1.08. The average molecular weight is 163 g/mol. The maximum atomic E-state index is 5.46. The molecule has 2 aromatic heterocycles. The molecule has 0 amide bonds. The van der Waals surface area contributed by atoms with Gasteiger partial charge in [-0.05, 0) is 12.5 Å². The lowest BCUT2D eigenvalue weighted by atomic mass is 10.2. The predicted molar refractivity (Wildman–Crippen MR) is 45.3 cm³/mol. The molecule has 0 bridgehead atoms. The number of rotatable bonds is 1. The molecule has 0 fully saturated rings. The fourth-order valence-electron chi connectivity index (χ4n) is 1.08. The van der Waals surface area contributed by atoms with Crippen molar-refractivity contribution in [2.24, 2.45) is 0 Å². The van der Waals surface area contributed by atoms with Crippen LogP contribution in [0.3, 0.4) is 0 Å². The second kappa shape index (κ2) is 2.37. The Morgan fingerprint density at radius 2 is 2.25 bits per heavy atom. The number of nitrogens with zero attached hydrogens (tertiary/aromatic N) is 2. The van der Waals surface area contributed by atoms with Crippen LogP contribution in [0.4, 0.5) is 5.82 Å². The molecule has 12 heavy (non-hydrogen) atoms. The van der Waals surface area contributed by atoms with Gasteiger partial charge < -0.3 is 5.73 Å². The van der Waals surface area contributed by atoms with Gasteiger partial charge in [0, 0.05) is 6.07 Å².